The topological polar surface area (TPSA) is 92.8 Å². The van der Waals surface area contributed by atoms with Crippen molar-refractivity contribution < 1.29 is 28.3 Å². The van der Waals surface area contributed by atoms with Crippen LogP contribution in [0.4, 0.5) is 9.18 Å². The predicted octanol–water partition coefficient (Wildman–Crippen LogP) is 1.19. The van der Waals surface area contributed by atoms with Crippen LogP contribution in [0.1, 0.15) is 5.56 Å². The number of carbonyl (C=O) groups excluding carboxylic acids is 4. The number of ether oxygens (including phenoxy) is 1. The van der Waals surface area contributed by atoms with Gasteiger partial charge in [0.05, 0.1) is 5.75 Å². The quantitative estimate of drug-likeness (QED) is 0.576. The molecule has 9 heteroatoms. The highest BCUT2D eigenvalue weighted by atomic mass is 32.2. The molecule has 1 fully saturated rings. The van der Waals surface area contributed by atoms with E-state index in [1.165, 1.54) is 24.3 Å². The van der Waals surface area contributed by atoms with Crippen molar-refractivity contribution in [2.24, 2.45) is 0 Å². The number of halogens is 1. The lowest BCUT2D eigenvalue weighted by atomic mass is 10.2. The molecule has 7 nitrogen and oxygen atoms in total. The summed E-state index contributed by atoms with van der Waals surface area (Å²) in [4.78, 5) is 46.8. The van der Waals surface area contributed by atoms with Crippen molar-refractivity contribution in [1.29, 1.82) is 0 Å². The van der Waals surface area contributed by atoms with Crippen LogP contribution in [0.5, 0.6) is 0 Å². The average molecular weight is 366 g/mol. The van der Waals surface area contributed by atoms with Gasteiger partial charge in [-0.1, -0.05) is 30.0 Å². The number of amides is 3. The Bertz CT molecular complexity index is 706. The number of nitrogens with one attached hydrogen (secondary N) is 1. The van der Waals surface area contributed by atoms with E-state index in [1.54, 1.807) is 6.07 Å². The Balaban J connectivity index is 1.67. The summed E-state index contributed by atoms with van der Waals surface area (Å²) in [5, 5.41) is 2.09. The van der Waals surface area contributed by atoms with Crippen LogP contribution in [0.15, 0.2) is 30.3 Å². The first-order chi connectivity index (χ1) is 12.0. The fourth-order valence-electron chi connectivity index (χ4n) is 1.91. The molecule has 0 aromatic heterocycles. The molecular weight excluding hydrogens is 351 g/mol. The van der Waals surface area contributed by atoms with Crippen LogP contribution < -0.4 is 5.32 Å². The molecule has 1 saturated heterocycles. The van der Waals surface area contributed by atoms with Crippen LogP contribution in [-0.2, 0) is 19.1 Å². The molecule has 0 radical (unpaired) electrons. The minimum atomic E-state index is -0.792. The number of rotatable bonds is 7. The van der Waals surface area contributed by atoms with Crippen LogP contribution in [0.2, 0.25) is 0 Å². The fourth-order valence-corrected chi connectivity index (χ4v) is 2.66. The molecule has 1 aliphatic rings. The zero-order valence-corrected chi connectivity index (χ0v) is 13.9. The lowest BCUT2D eigenvalue weighted by Crippen LogP contribution is -2.38. The molecule has 0 bridgehead atoms. The Morgan fingerprint density at radius 1 is 1.32 bits per heavy atom. The predicted molar refractivity (Wildman–Crippen MR) is 89.0 cm³/mol. The van der Waals surface area contributed by atoms with Gasteiger partial charge < -0.3 is 10.1 Å². The number of imide groups is 1. The monoisotopic (exact) mass is 366 g/mol. The molecule has 0 spiro atoms. The van der Waals surface area contributed by atoms with E-state index < -0.39 is 24.3 Å². The van der Waals surface area contributed by atoms with Gasteiger partial charge in [-0.05, 0) is 12.1 Å². The van der Waals surface area contributed by atoms with Crippen molar-refractivity contribution in [3.8, 4) is 0 Å². The number of carbonyl (C=O) groups is 4. The maximum Gasteiger partial charge on any atom is 0.331 e. The minimum Gasteiger partial charge on any atom is -0.452 e. The van der Waals surface area contributed by atoms with Crippen molar-refractivity contribution in [2.75, 3.05) is 25.4 Å². The highest BCUT2D eigenvalue weighted by Gasteiger charge is 2.29. The molecule has 132 valence electrons. The largest absolute Gasteiger partial charge is 0.452 e. The normalized spacial score (nSPS) is 14.2. The molecule has 1 aliphatic heterocycles. The molecule has 0 atom stereocenters. The fraction of sp³-hybridized carbons (Fsp3) is 0.250. The highest BCUT2D eigenvalue weighted by molar-refractivity contribution is 8.14. The van der Waals surface area contributed by atoms with E-state index in [9.17, 15) is 23.6 Å². The molecule has 2 rings (SSSR count). The maximum atomic E-state index is 13.4. The number of hydrogen-bond acceptors (Lipinski definition) is 6. The van der Waals surface area contributed by atoms with Gasteiger partial charge in [-0.25, -0.2) is 9.18 Å². The third-order valence-electron chi connectivity index (χ3n) is 3.15. The summed E-state index contributed by atoms with van der Waals surface area (Å²) in [6, 6.07) is 5.89. The van der Waals surface area contributed by atoms with Crippen molar-refractivity contribution >= 4 is 40.9 Å². The summed E-state index contributed by atoms with van der Waals surface area (Å²) in [6.45, 7) is -0.381. The molecule has 1 aromatic rings. The molecule has 3 amide bonds. The summed E-state index contributed by atoms with van der Waals surface area (Å²) in [5.74, 6) is -2.03. The lowest BCUT2D eigenvalue weighted by molar-refractivity contribution is -0.143. The van der Waals surface area contributed by atoms with Crippen LogP contribution in [0, 0.1) is 5.82 Å². The van der Waals surface area contributed by atoms with Crippen LogP contribution in [0.3, 0.4) is 0 Å². The molecule has 0 saturated carbocycles. The second kappa shape index (κ2) is 8.97. The third-order valence-corrected chi connectivity index (χ3v) is 4.01. The minimum absolute atomic E-state index is 0.0670. The number of nitrogens with zero attached hydrogens (tertiary/aromatic N) is 1. The van der Waals surface area contributed by atoms with Crippen molar-refractivity contribution in [1.82, 2.24) is 10.2 Å². The summed E-state index contributed by atoms with van der Waals surface area (Å²) >= 11 is 0.912. The van der Waals surface area contributed by atoms with Gasteiger partial charge in [0.15, 0.2) is 6.61 Å². The Labute approximate surface area is 147 Å². The molecule has 1 aromatic carbocycles. The van der Waals surface area contributed by atoms with E-state index in [4.69, 9.17) is 4.74 Å². The van der Waals surface area contributed by atoms with Crippen LogP contribution >= 0.6 is 11.8 Å². The second-order valence-corrected chi connectivity index (χ2v) is 5.84. The van der Waals surface area contributed by atoms with E-state index in [0.717, 1.165) is 22.7 Å². The van der Waals surface area contributed by atoms with Gasteiger partial charge in [-0.2, -0.15) is 0 Å². The molecule has 0 unspecified atom stereocenters. The van der Waals surface area contributed by atoms with E-state index in [0.29, 0.717) is 0 Å². The zero-order valence-electron chi connectivity index (χ0n) is 13.1. The molecule has 0 aliphatic carbocycles. The number of benzene rings is 1. The van der Waals surface area contributed by atoms with Gasteiger partial charge in [-0.15, -0.1) is 0 Å². The number of hydrogen-bond donors (Lipinski definition) is 1. The van der Waals surface area contributed by atoms with Crippen LogP contribution in [-0.4, -0.2) is 53.4 Å². The number of esters is 1. The highest BCUT2D eigenvalue weighted by Crippen LogP contribution is 2.17. The van der Waals surface area contributed by atoms with Gasteiger partial charge in [0, 0.05) is 24.7 Å². The molecular formula is C16H15FN2O5S. The lowest BCUT2D eigenvalue weighted by Gasteiger charge is -2.12. The second-order valence-electron chi connectivity index (χ2n) is 4.91. The summed E-state index contributed by atoms with van der Waals surface area (Å²) in [7, 11) is 0. The summed E-state index contributed by atoms with van der Waals surface area (Å²) < 4.78 is 18.1. The van der Waals surface area contributed by atoms with Gasteiger partial charge >= 0.3 is 5.97 Å². The summed E-state index contributed by atoms with van der Waals surface area (Å²) in [6.07, 6.45) is 2.27. The molecule has 25 heavy (non-hydrogen) atoms. The average Bonchev–Trinajstić information content (AvgIpc) is 2.91. The van der Waals surface area contributed by atoms with E-state index in [-0.39, 0.29) is 35.6 Å². The smallest absolute Gasteiger partial charge is 0.331 e. The Hall–Kier alpha value is -2.68. The van der Waals surface area contributed by atoms with Gasteiger partial charge in [0.2, 0.25) is 5.91 Å². The first kappa shape index (κ1) is 18.7. The van der Waals surface area contributed by atoms with Crippen LogP contribution in [0.25, 0.3) is 6.08 Å². The van der Waals surface area contributed by atoms with E-state index >= 15 is 0 Å². The third kappa shape index (κ3) is 5.71. The summed E-state index contributed by atoms with van der Waals surface area (Å²) in [5.41, 5.74) is 0.224. The van der Waals surface area contributed by atoms with Gasteiger partial charge in [0.25, 0.3) is 11.1 Å². The van der Waals surface area contributed by atoms with E-state index in [2.05, 4.69) is 5.32 Å². The zero-order chi connectivity index (χ0) is 18.2. The Morgan fingerprint density at radius 3 is 2.76 bits per heavy atom. The Morgan fingerprint density at radius 2 is 2.08 bits per heavy atom. The molecule has 1 heterocycles. The van der Waals surface area contributed by atoms with Crippen molar-refractivity contribution in [3.63, 3.8) is 0 Å². The first-order valence-corrected chi connectivity index (χ1v) is 8.29. The number of thioether (sulfide) groups is 1. The van der Waals surface area contributed by atoms with Crippen molar-refractivity contribution in [3.05, 3.63) is 41.7 Å². The van der Waals surface area contributed by atoms with E-state index in [1.807, 2.05) is 0 Å². The first-order valence-electron chi connectivity index (χ1n) is 7.30. The van der Waals surface area contributed by atoms with Gasteiger partial charge in [0.1, 0.15) is 5.82 Å². The van der Waals surface area contributed by atoms with Gasteiger partial charge in [-0.3, -0.25) is 19.3 Å². The van der Waals surface area contributed by atoms with Crippen molar-refractivity contribution in [2.45, 2.75) is 0 Å². The Kier molecular flexibility index (Phi) is 6.70. The SMILES string of the molecule is O=C(COC(=O)C=Cc1ccccc1F)NCCN1C(=O)CSC1=O. The maximum absolute atomic E-state index is 13.4. The molecule has 1 N–H and O–H groups in total. The standard InChI is InChI=1S/C16H15FN2O5S/c17-12-4-2-1-3-11(12)5-6-15(22)24-9-13(20)18-7-8-19-14(21)10-25-16(19)23/h1-6H,7-10H2,(H,18,20).